The predicted molar refractivity (Wildman–Crippen MR) is 47.0 cm³/mol. The molecule has 0 aliphatic carbocycles. The quantitative estimate of drug-likeness (QED) is 0.499. The number of thioether (sulfide) groups is 1. The third-order valence-corrected chi connectivity index (χ3v) is 2.09. The molecule has 2 unspecified atom stereocenters. The Hall–Kier alpha value is 0.210. The van der Waals surface area contributed by atoms with Gasteiger partial charge in [0.25, 0.3) is 0 Å². The molecule has 3 nitrogen and oxygen atoms in total. The summed E-state index contributed by atoms with van der Waals surface area (Å²) in [5.74, 6) is 0.514. The minimum absolute atomic E-state index is 0.204. The van der Waals surface area contributed by atoms with Crippen molar-refractivity contribution in [2.75, 3.05) is 19.1 Å². The lowest BCUT2D eigenvalue weighted by Gasteiger charge is -2.10. The average molecular weight is 181 g/mol. The van der Waals surface area contributed by atoms with Crippen molar-refractivity contribution in [1.29, 1.82) is 0 Å². The minimum Gasteiger partial charge on any atom is -0.468 e. The van der Waals surface area contributed by atoms with Crippen molar-refractivity contribution < 1.29 is 9.53 Å². The number of ether oxygens (including phenoxy) is 1. The Bertz CT molecular complexity index is 112. The molecule has 0 rings (SSSR count). The van der Waals surface area contributed by atoms with Gasteiger partial charge in [0.1, 0.15) is 6.04 Å². The van der Waals surface area contributed by atoms with E-state index in [9.17, 15) is 4.79 Å². The van der Waals surface area contributed by atoms with Gasteiger partial charge in [0.15, 0.2) is 0 Å². The van der Waals surface area contributed by atoms with Gasteiger partial charge in [-0.3, -0.25) is 9.88 Å². The first-order chi connectivity index (χ1) is 4.76. The van der Waals surface area contributed by atoms with E-state index in [1.807, 2.05) is 6.26 Å². The molecule has 0 aromatic rings. The zero-order valence-corrected chi connectivity index (χ0v) is 8.06. The van der Waals surface area contributed by atoms with Gasteiger partial charge in [0.2, 0.25) is 0 Å². The summed E-state index contributed by atoms with van der Waals surface area (Å²) in [4.78, 5) is 10.8. The second-order valence-corrected chi connectivity index (χ2v) is 2.94. The number of methoxy groups -OCH3 is 1. The van der Waals surface area contributed by atoms with Gasteiger partial charge >= 0.3 is 5.97 Å². The predicted octanol–water partition coefficient (Wildman–Crippen LogP) is 0.271. The van der Waals surface area contributed by atoms with Gasteiger partial charge in [-0.2, -0.15) is 11.8 Å². The minimum atomic E-state index is -0.218. The van der Waals surface area contributed by atoms with E-state index in [-0.39, 0.29) is 12.0 Å². The van der Waals surface area contributed by atoms with Crippen molar-refractivity contribution in [2.45, 2.75) is 6.04 Å². The average Bonchev–Trinajstić information content (AvgIpc) is 1.99. The molecule has 0 fully saturated rings. The van der Waals surface area contributed by atoms with Gasteiger partial charge in [0, 0.05) is 5.75 Å². The van der Waals surface area contributed by atoms with Crippen molar-refractivity contribution in [1.82, 2.24) is 5.09 Å². The van der Waals surface area contributed by atoms with Gasteiger partial charge in [-0.15, -0.1) is 0 Å². The third kappa shape index (κ3) is 3.40. The van der Waals surface area contributed by atoms with Crippen LogP contribution < -0.4 is 5.09 Å². The van der Waals surface area contributed by atoms with Crippen LogP contribution in [-0.4, -0.2) is 31.1 Å². The first-order valence-corrected chi connectivity index (χ1v) is 4.76. The van der Waals surface area contributed by atoms with E-state index in [0.717, 1.165) is 5.75 Å². The first-order valence-electron chi connectivity index (χ1n) is 2.79. The number of esters is 1. The van der Waals surface area contributed by atoms with Gasteiger partial charge < -0.3 is 4.74 Å². The molecule has 0 aliphatic heterocycles. The van der Waals surface area contributed by atoms with E-state index in [1.54, 1.807) is 11.8 Å². The van der Waals surface area contributed by atoms with Gasteiger partial charge in [-0.25, -0.2) is 0 Å². The molecule has 0 saturated heterocycles. The summed E-state index contributed by atoms with van der Waals surface area (Å²) in [6.45, 7) is 0. The molecule has 0 amide bonds. The maximum Gasteiger partial charge on any atom is 0.323 e. The van der Waals surface area contributed by atoms with E-state index in [2.05, 4.69) is 19.2 Å². The van der Waals surface area contributed by atoms with Crippen LogP contribution in [0.3, 0.4) is 0 Å². The summed E-state index contributed by atoms with van der Waals surface area (Å²) < 4.78 is 4.53. The lowest BCUT2D eigenvalue weighted by molar-refractivity contribution is -0.141. The van der Waals surface area contributed by atoms with E-state index >= 15 is 0 Å². The van der Waals surface area contributed by atoms with Crippen LogP contribution in [0, 0.1) is 0 Å². The SMILES string of the molecule is COC(=O)C(CSC)NP. The van der Waals surface area contributed by atoms with Crippen molar-refractivity contribution >= 4 is 27.1 Å². The molecule has 60 valence electrons. The fourth-order valence-electron chi connectivity index (χ4n) is 0.493. The van der Waals surface area contributed by atoms with Crippen LogP contribution >= 0.6 is 21.2 Å². The number of hydrogen-bond acceptors (Lipinski definition) is 4. The summed E-state index contributed by atoms with van der Waals surface area (Å²) in [6, 6.07) is -0.204. The smallest absolute Gasteiger partial charge is 0.323 e. The number of hydrogen-bond donors (Lipinski definition) is 1. The first kappa shape index (κ1) is 10.2. The Morgan fingerprint density at radius 2 is 2.50 bits per heavy atom. The molecule has 0 saturated carbocycles. The fourth-order valence-corrected chi connectivity index (χ4v) is 1.48. The van der Waals surface area contributed by atoms with Gasteiger partial charge in [-0.1, -0.05) is 9.39 Å². The summed E-state index contributed by atoms with van der Waals surface area (Å²) >= 11 is 1.60. The summed E-state index contributed by atoms with van der Waals surface area (Å²) in [5.41, 5.74) is 0. The third-order valence-electron chi connectivity index (χ3n) is 1.02. The van der Waals surface area contributed by atoms with E-state index in [1.165, 1.54) is 7.11 Å². The Kier molecular flexibility index (Phi) is 6.08. The highest BCUT2D eigenvalue weighted by molar-refractivity contribution is 7.98. The van der Waals surface area contributed by atoms with E-state index in [4.69, 9.17) is 0 Å². The second-order valence-electron chi connectivity index (χ2n) is 1.70. The molecule has 5 heteroatoms. The van der Waals surface area contributed by atoms with Crippen LogP contribution in [0.2, 0.25) is 0 Å². The topological polar surface area (TPSA) is 38.3 Å². The maximum atomic E-state index is 10.8. The molecule has 0 aliphatic rings. The molecule has 0 aromatic heterocycles. The van der Waals surface area contributed by atoms with Crippen LogP contribution in [0.25, 0.3) is 0 Å². The molecular weight excluding hydrogens is 169 g/mol. The van der Waals surface area contributed by atoms with Crippen molar-refractivity contribution in [3.63, 3.8) is 0 Å². The highest BCUT2D eigenvalue weighted by Gasteiger charge is 2.14. The lowest BCUT2D eigenvalue weighted by Crippen LogP contribution is -2.33. The van der Waals surface area contributed by atoms with Crippen LogP contribution in [0.4, 0.5) is 0 Å². The molecular formula is C5H12NO2PS. The largest absolute Gasteiger partial charge is 0.468 e. The molecule has 0 aromatic carbocycles. The molecule has 1 N–H and O–H groups in total. The molecule has 0 radical (unpaired) electrons. The van der Waals surface area contributed by atoms with Crippen molar-refractivity contribution in [3.05, 3.63) is 0 Å². The van der Waals surface area contributed by atoms with Crippen LogP contribution in [-0.2, 0) is 9.53 Å². The lowest BCUT2D eigenvalue weighted by atomic mass is 10.4. The zero-order chi connectivity index (χ0) is 7.98. The molecule has 0 spiro atoms. The van der Waals surface area contributed by atoms with Crippen LogP contribution in [0.15, 0.2) is 0 Å². The number of rotatable bonds is 4. The summed E-state index contributed by atoms with van der Waals surface area (Å²) in [7, 11) is 3.69. The van der Waals surface area contributed by atoms with Gasteiger partial charge in [-0.05, 0) is 6.26 Å². The van der Waals surface area contributed by atoms with Gasteiger partial charge in [0.05, 0.1) is 7.11 Å². The van der Waals surface area contributed by atoms with Crippen molar-refractivity contribution in [2.24, 2.45) is 0 Å². The Labute approximate surface area is 67.5 Å². The van der Waals surface area contributed by atoms with E-state index in [0.29, 0.717) is 0 Å². The molecule has 10 heavy (non-hydrogen) atoms. The summed E-state index contributed by atoms with van der Waals surface area (Å²) in [5, 5.41) is 2.77. The van der Waals surface area contributed by atoms with E-state index < -0.39 is 0 Å². The highest BCUT2D eigenvalue weighted by atomic mass is 32.2. The number of nitrogens with one attached hydrogen (secondary N) is 1. The van der Waals surface area contributed by atoms with Crippen LogP contribution in [0.5, 0.6) is 0 Å². The normalized spacial score (nSPS) is 12.7. The standard InChI is InChI=1S/C5H12NO2PS/c1-8-5(7)4(6-9)3-10-2/h4,6H,3,9H2,1-2H3. The maximum absolute atomic E-state index is 10.8. The molecule has 0 bridgehead atoms. The Morgan fingerprint density at radius 1 is 1.90 bits per heavy atom. The number of carbonyl (C=O) groups is 1. The zero-order valence-electron chi connectivity index (χ0n) is 6.09. The highest BCUT2D eigenvalue weighted by Crippen LogP contribution is 2.00. The second kappa shape index (κ2) is 5.96. The fraction of sp³-hybridized carbons (Fsp3) is 0.800. The Morgan fingerprint density at radius 3 is 2.80 bits per heavy atom. The summed E-state index contributed by atoms with van der Waals surface area (Å²) in [6.07, 6.45) is 1.94. The Balaban J connectivity index is 3.68. The van der Waals surface area contributed by atoms with Crippen molar-refractivity contribution in [3.8, 4) is 0 Å². The number of carbonyl (C=O) groups excluding carboxylic acids is 1. The molecule has 0 heterocycles. The van der Waals surface area contributed by atoms with Crippen LogP contribution in [0.1, 0.15) is 0 Å². The monoisotopic (exact) mass is 181 g/mol. The molecule has 2 atom stereocenters.